The predicted octanol–water partition coefficient (Wildman–Crippen LogP) is 1.76. The number of aromatic amines is 1. The summed E-state index contributed by atoms with van der Waals surface area (Å²) in [5, 5.41) is 0.958. The van der Waals surface area contributed by atoms with Gasteiger partial charge in [-0.3, -0.25) is 0 Å². The maximum Gasteiger partial charge on any atom is 0.146 e. The number of H-pyrrole nitrogens is 1. The Morgan fingerprint density at radius 1 is 1.42 bits per heavy atom. The van der Waals surface area contributed by atoms with Crippen molar-refractivity contribution in [2.45, 2.75) is 0 Å². The van der Waals surface area contributed by atoms with Crippen LogP contribution in [0.2, 0.25) is 0 Å². The minimum absolute atomic E-state index is 0.741. The second-order valence-corrected chi connectivity index (χ2v) is 2.63. The van der Waals surface area contributed by atoms with Crippen molar-refractivity contribution in [3.63, 3.8) is 0 Å². The second-order valence-electron chi connectivity index (χ2n) is 2.63. The van der Waals surface area contributed by atoms with Gasteiger partial charge in [-0.25, -0.2) is 0 Å². The Morgan fingerprint density at radius 2 is 2.25 bits per heavy atom. The summed E-state index contributed by atoms with van der Waals surface area (Å²) in [7, 11) is 1.63. The van der Waals surface area contributed by atoms with E-state index in [2.05, 4.69) is 4.98 Å². The molecule has 0 aliphatic rings. The summed E-state index contributed by atoms with van der Waals surface area (Å²) in [4.78, 5) is 3.07. The summed E-state index contributed by atoms with van der Waals surface area (Å²) in [5.74, 6) is 0.795. The minimum Gasteiger partial charge on any atom is -0.494 e. The van der Waals surface area contributed by atoms with Crippen LogP contribution in [0.3, 0.4) is 0 Å². The molecule has 0 bridgehead atoms. The molecule has 1 aromatic heterocycles. The SMILES string of the molecule is COc1c[nH]c2cccc(N)c12. The molecule has 0 atom stereocenters. The van der Waals surface area contributed by atoms with Crippen molar-refractivity contribution in [1.29, 1.82) is 0 Å². The van der Waals surface area contributed by atoms with Gasteiger partial charge in [-0.2, -0.15) is 0 Å². The Labute approximate surface area is 70.1 Å². The number of methoxy groups -OCH3 is 1. The van der Waals surface area contributed by atoms with Crippen molar-refractivity contribution in [2.24, 2.45) is 0 Å². The van der Waals surface area contributed by atoms with Gasteiger partial charge in [0.15, 0.2) is 0 Å². The molecule has 0 saturated heterocycles. The summed E-state index contributed by atoms with van der Waals surface area (Å²) < 4.78 is 5.14. The molecule has 3 nitrogen and oxygen atoms in total. The first-order chi connectivity index (χ1) is 5.83. The fourth-order valence-electron chi connectivity index (χ4n) is 1.34. The lowest BCUT2D eigenvalue weighted by molar-refractivity contribution is 0.420. The van der Waals surface area contributed by atoms with Crippen LogP contribution < -0.4 is 10.5 Å². The third-order valence-corrected chi connectivity index (χ3v) is 1.92. The Balaban J connectivity index is 2.83. The largest absolute Gasteiger partial charge is 0.494 e. The topological polar surface area (TPSA) is 51.0 Å². The zero-order chi connectivity index (χ0) is 8.55. The third-order valence-electron chi connectivity index (χ3n) is 1.92. The number of hydrogen-bond donors (Lipinski definition) is 2. The van der Waals surface area contributed by atoms with Gasteiger partial charge in [0.1, 0.15) is 5.75 Å². The normalized spacial score (nSPS) is 10.4. The van der Waals surface area contributed by atoms with Gasteiger partial charge in [-0.05, 0) is 12.1 Å². The predicted molar refractivity (Wildman–Crippen MR) is 49.3 cm³/mol. The van der Waals surface area contributed by atoms with Crippen LogP contribution in [-0.2, 0) is 0 Å². The van der Waals surface area contributed by atoms with Crippen LogP contribution in [-0.4, -0.2) is 12.1 Å². The Hall–Kier alpha value is -1.64. The van der Waals surface area contributed by atoms with Crippen molar-refractivity contribution in [3.05, 3.63) is 24.4 Å². The van der Waals surface area contributed by atoms with Crippen molar-refractivity contribution >= 4 is 16.6 Å². The van der Waals surface area contributed by atoms with Gasteiger partial charge in [0.25, 0.3) is 0 Å². The van der Waals surface area contributed by atoms with E-state index in [1.165, 1.54) is 0 Å². The average molecular weight is 162 g/mol. The van der Waals surface area contributed by atoms with E-state index < -0.39 is 0 Å². The van der Waals surface area contributed by atoms with E-state index in [-0.39, 0.29) is 0 Å². The highest BCUT2D eigenvalue weighted by molar-refractivity contribution is 5.96. The van der Waals surface area contributed by atoms with Gasteiger partial charge in [0.05, 0.1) is 18.0 Å². The number of rotatable bonds is 1. The summed E-state index contributed by atoms with van der Waals surface area (Å²) >= 11 is 0. The van der Waals surface area contributed by atoms with E-state index in [0.29, 0.717) is 0 Å². The van der Waals surface area contributed by atoms with E-state index in [9.17, 15) is 0 Å². The van der Waals surface area contributed by atoms with Crippen molar-refractivity contribution in [3.8, 4) is 5.75 Å². The molecule has 0 saturated carbocycles. The number of benzene rings is 1. The smallest absolute Gasteiger partial charge is 0.146 e. The van der Waals surface area contributed by atoms with E-state index in [4.69, 9.17) is 10.5 Å². The molecule has 0 radical (unpaired) electrons. The number of anilines is 1. The van der Waals surface area contributed by atoms with E-state index in [1.54, 1.807) is 13.3 Å². The van der Waals surface area contributed by atoms with Gasteiger partial charge >= 0.3 is 0 Å². The highest BCUT2D eigenvalue weighted by Crippen LogP contribution is 2.29. The molecule has 2 rings (SSSR count). The van der Waals surface area contributed by atoms with Crippen LogP contribution in [0.15, 0.2) is 24.4 Å². The number of nitrogens with two attached hydrogens (primary N) is 1. The molecule has 1 aromatic carbocycles. The molecule has 62 valence electrons. The first kappa shape index (κ1) is 7.03. The van der Waals surface area contributed by atoms with Crippen molar-refractivity contribution in [2.75, 3.05) is 12.8 Å². The van der Waals surface area contributed by atoms with Gasteiger partial charge in [-0.15, -0.1) is 0 Å². The molecule has 3 N–H and O–H groups in total. The lowest BCUT2D eigenvalue weighted by atomic mass is 10.2. The fourth-order valence-corrected chi connectivity index (χ4v) is 1.34. The van der Waals surface area contributed by atoms with Gasteiger partial charge in [0, 0.05) is 11.9 Å². The van der Waals surface area contributed by atoms with Crippen molar-refractivity contribution in [1.82, 2.24) is 4.98 Å². The first-order valence-electron chi connectivity index (χ1n) is 3.72. The van der Waals surface area contributed by atoms with E-state index >= 15 is 0 Å². The standard InChI is InChI=1S/C9H10N2O/c1-12-8-5-11-7-4-2-3-6(10)9(7)8/h2-5,11H,10H2,1H3. The second kappa shape index (κ2) is 2.44. The summed E-state index contributed by atoms with van der Waals surface area (Å²) in [6.45, 7) is 0. The van der Waals surface area contributed by atoms with Gasteiger partial charge in [-0.1, -0.05) is 6.07 Å². The fraction of sp³-hybridized carbons (Fsp3) is 0.111. The molecule has 0 unspecified atom stereocenters. The maximum atomic E-state index is 5.78. The molecule has 0 spiro atoms. The number of hydrogen-bond acceptors (Lipinski definition) is 2. The molecule has 12 heavy (non-hydrogen) atoms. The lowest BCUT2D eigenvalue weighted by Crippen LogP contribution is -1.86. The molecular weight excluding hydrogens is 152 g/mol. The molecule has 0 aliphatic carbocycles. The average Bonchev–Trinajstić information content (AvgIpc) is 2.49. The van der Waals surface area contributed by atoms with Crippen LogP contribution in [0, 0.1) is 0 Å². The highest BCUT2D eigenvalue weighted by atomic mass is 16.5. The van der Waals surface area contributed by atoms with E-state index in [1.807, 2.05) is 18.2 Å². The first-order valence-corrected chi connectivity index (χ1v) is 3.72. The van der Waals surface area contributed by atoms with Crippen LogP contribution >= 0.6 is 0 Å². The summed E-state index contributed by atoms with van der Waals surface area (Å²) in [5.41, 5.74) is 7.52. The minimum atomic E-state index is 0.741. The molecule has 0 fully saturated rings. The zero-order valence-electron chi connectivity index (χ0n) is 6.79. The molecular formula is C9H10N2O. The number of fused-ring (bicyclic) bond motifs is 1. The molecule has 3 heteroatoms. The summed E-state index contributed by atoms with van der Waals surface area (Å²) in [6.07, 6.45) is 1.81. The van der Waals surface area contributed by atoms with Crippen LogP contribution in [0.25, 0.3) is 10.9 Å². The lowest BCUT2D eigenvalue weighted by Gasteiger charge is -1.98. The Morgan fingerprint density at radius 3 is 3.00 bits per heavy atom. The Bertz CT molecular complexity index is 406. The van der Waals surface area contributed by atoms with Gasteiger partial charge < -0.3 is 15.5 Å². The number of ether oxygens (including phenoxy) is 1. The number of nitrogens with one attached hydrogen (secondary N) is 1. The van der Waals surface area contributed by atoms with Gasteiger partial charge in [0.2, 0.25) is 0 Å². The van der Waals surface area contributed by atoms with E-state index in [0.717, 1.165) is 22.3 Å². The third kappa shape index (κ3) is 0.830. The maximum absolute atomic E-state index is 5.78. The number of nitrogen functional groups attached to an aromatic ring is 1. The molecule has 0 amide bonds. The van der Waals surface area contributed by atoms with Crippen LogP contribution in [0.4, 0.5) is 5.69 Å². The zero-order valence-corrected chi connectivity index (χ0v) is 6.79. The Kier molecular flexibility index (Phi) is 1.43. The summed E-state index contributed by atoms with van der Waals surface area (Å²) in [6, 6.07) is 5.74. The number of aromatic nitrogens is 1. The molecule has 1 heterocycles. The quantitative estimate of drug-likeness (QED) is 0.628. The molecule has 0 aliphatic heterocycles. The van der Waals surface area contributed by atoms with Crippen molar-refractivity contribution < 1.29 is 4.74 Å². The van der Waals surface area contributed by atoms with Crippen LogP contribution in [0.5, 0.6) is 5.75 Å². The molecule has 2 aromatic rings. The monoisotopic (exact) mass is 162 g/mol. The van der Waals surface area contributed by atoms with Crippen LogP contribution in [0.1, 0.15) is 0 Å². The highest BCUT2D eigenvalue weighted by Gasteiger charge is 2.05.